The standard InChI is InChI=1S/C15H15N3O2S2/c1-19-10-22-15-17-16-14(13-8-5-9-21-13)18(15)11-6-3-4-7-12(11)20-2/h3-9H,10H2,1-2H3. The number of rotatable bonds is 6. The number of thioether (sulfide) groups is 1. The monoisotopic (exact) mass is 333 g/mol. The molecular weight excluding hydrogens is 318 g/mol. The molecule has 3 rings (SSSR count). The van der Waals surface area contributed by atoms with Crippen molar-refractivity contribution in [2.75, 3.05) is 20.2 Å². The van der Waals surface area contributed by atoms with Gasteiger partial charge < -0.3 is 9.47 Å². The molecule has 1 aromatic carbocycles. The lowest BCUT2D eigenvalue weighted by Gasteiger charge is -2.13. The first-order valence-corrected chi connectivity index (χ1v) is 8.46. The summed E-state index contributed by atoms with van der Waals surface area (Å²) in [7, 11) is 3.33. The Morgan fingerprint density at radius 1 is 1.14 bits per heavy atom. The average molecular weight is 333 g/mol. The molecule has 0 radical (unpaired) electrons. The van der Waals surface area contributed by atoms with Gasteiger partial charge in [-0.2, -0.15) is 0 Å². The molecule has 0 aliphatic heterocycles. The second-order valence-electron chi connectivity index (χ2n) is 4.34. The number of thiophene rings is 1. The molecule has 0 amide bonds. The van der Waals surface area contributed by atoms with E-state index in [0.29, 0.717) is 5.94 Å². The van der Waals surface area contributed by atoms with Crippen LogP contribution in [-0.2, 0) is 4.74 Å². The van der Waals surface area contributed by atoms with Crippen LogP contribution in [0.15, 0.2) is 46.9 Å². The van der Waals surface area contributed by atoms with E-state index in [-0.39, 0.29) is 0 Å². The molecule has 114 valence electrons. The molecule has 0 aliphatic rings. The summed E-state index contributed by atoms with van der Waals surface area (Å²) in [4.78, 5) is 1.06. The Kier molecular flexibility index (Phi) is 4.77. The molecule has 0 aliphatic carbocycles. The van der Waals surface area contributed by atoms with Crippen LogP contribution < -0.4 is 4.74 Å². The number of methoxy groups -OCH3 is 2. The van der Waals surface area contributed by atoms with Crippen molar-refractivity contribution in [2.24, 2.45) is 0 Å². The van der Waals surface area contributed by atoms with E-state index in [1.54, 1.807) is 25.6 Å². The quantitative estimate of drug-likeness (QED) is 0.508. The molecule has 0 saturated heterocycles. The Balaban J connectivity index is 2.16. The molecule has 0 unspecified atom stereocenters. The highest BCUT2D eigenvalue weighted by Gasteiger charge is 2.19. The fourth-order valence-electron chi connectivity index (χ4n) is 2.07. The largest absolute Gasteiger partial charge is 0.495 e. The molecule has 7 heteroatoms. The van der Waals surface area contributed by atoms with Crippen molar-refractivity contribution in [2.45, 2.75) is 5.16 Å². The van der Waals surface area contributed by atoms with Gasteiger partial charge in [0.2, 0.25) is 0 Å². The van der Waals surface area contributed by atoms with Crippen molar-refractivity contribution >= 4 is 23.1 Å². The maximum absolute atomic E-state index is 5.49. The van der Waals surface area contributed by atoms with Crippen LogP contribution >= 0.6 is 23.1 Å². The van der Waals surface area contributed by atoms with Gasteiger partial charge >= 0.3 is 0 Å². The van der Waals surface area contributed by atoms with Gasteiger partial charge in [-0.3, -0.25) is 4.57 Å². The van der Waals surface area contributed by atoms with Crippen LogP contribution in [0.25, 0.3) is 16.4 Å². The lowest BCUT2D eigenvalue weighted by Crippen LogP contribution is -2.02. The number of benzene rings is 1. The first-order chi connectivity index (χ1) is 10.8. The second kappa shape index (κ2) is 6.95. The van der Waals surface area contributed by atoms with Crippen molar-refractivity contribution in [1.82, 2.24) is 14.8 Å². The summed E-state index contributed by atoms with van der Waals surface area (Å²) in [5.74, 6) is 2.09. The number of hydrogen-bond acceptors (Lipinski definition) is 6. The molecule has 0 bridgehead atoms. The molecule has 0 saturated carbocycles. The molecule has 0 fully saturated rings. The number of aromatic nitrogens is 3. The number of nitrogens with zero attached hydrogens (tertiary/aromatic N) is 3. The predicted octanol–water partition coefficient (Wildman–Crippen LogP) is 3.70. The third-order valence-electron chi connectivity index (χ3n) is 3.01. The first kappa shape index (κ1) is 15.1. The van der Waals surface area contributed by atoms with Gasteiger partial charge in [0.05, 0.1) is 23.6 Å². The number of hydrogen-bond donors (Lipinski definition) is 0. The minimum absolute atomic E-state index is 0.512. The van der Waals surface area contributed by atoms with Gasteiger partial charge in [0.15, 0.2) is 11.0 Å². The van der Waals surface area contributed by atoms with Gasteiger partial charge in [0, 0.05) is 7.11 Å². The Morgan fingerprint density at radius 3 is 2.73 bits per heavy atom. The smallest absolute Gasteiger partial charge is 0.198 e. The van der Waals surface area contributed by atoms with Crippen molar-refractivity contribution in [1.29, 1.82) is 0 Å². The zero-order valence-electron chi connectivity index (χ0n) is 12.2. The summed E-state index contributed by atoms with van der Waals surface area (Å²) < 4.78 is 12.6. The fraction of sp³-hybridized carbons (Fsp3) is 0.200. The molecule has 0 atom stereocenters. The Hall–Kier alpha value is -1.83. The summed E-state index contributed by atoms with van der Waals surface area (Å²) in [6.45, 7) is 0. The van der Waals surface area contributed by atoms with Gasteiger partial charge in [-0.15, -0.1) is 21.5 Å². The van der Waals surface area contributed by atoms with E-state index in [1.807, 2.05) is 46.3 Å². The lowest BCUT2D eigenvalue weighted by molar-refractivity contribution is 0.258. The molecule has 2 heterocycles. The van der Waals surface area contributed by atoms with Gasteiger partial charge in [-0.05, 0) is 23.6 Å². The van der Waals surface area contributed by atoms with Gasteiger partial charge in [-0.1, -0.05) is 30.0 Å². The molecule has 5 nitrogen and oxygen atoms in total. The summed E-state index contributed by atoms with van der Waals surface area (Å²) in [6.07, 6.45) is 0. The Morgan fingerprint density at radius 2 is 2.00 bits per heavy atom. The highest BCUT2D eigenvalue weighted by atomic mass is 32.2. The van der Waals surface area contributed by atoms with Crippen molar-refractivity contribution < 1.29 is 9.47 Å². The highest BCUT2D eigenvalue weighted by molar-refractivity contribution is 7.99. The topological polar surface area (TPSA) is 49.2 Å². The van der Waals surface area contributed by atoms with E-state index >= 15 is 0 Å². The van der Waals surface area contributed by atoms with Crippen LogP contribution in [0.2, 0.25) is 0 Å². The lowest BCUT2D eigenvalue weighted by atomic mass is 10.3. The fourth-order valence-corrected chi connectivity index (χ4v) is 3.41. The minimum Gasteiger partial charge on any atom is -0.495 e. The van der Waals surface area contributed by atoms with Crippen LogP contribution in [0, 0.1) is 0 Å². The first-order valence-electron chi connectivity index (χ1n) is 6.59. The van der Waals surface area contributed by atoms with Crippen LogP contribution in [0.4, 0.5) is 0 Å². The van der Waals surface area contributed by atoms with E-state index in [0.717, 1.165) is 27.3 Å². The summed E-state index contributed by atoms with van der Waals surface area (Å²) in [5, 5.41) is 11.5. The summed E-state index contributed by atoms with van der Waals surface area (Å²) in [6, 6.07) is 11.9. The molecule has 2 aromatic heterocycles. The third kappa shape index (κ3) is 2.87. The summed E-state index contributed by atoms with van der Waals surface area (Å²) >= 11 is 3.13. The van der Waals surface area contributed by atoms with Crippen molar-refractivity contribution in [3.63, 3.8) is 0 Å². The Labute approximate surface area is 136 Å². The average Bonchev–Trinajstić information content (AvgIpc) is 3.21. The molecule has 3 aromatic rings. The van der Waals surface area contributed by atoms with Gasteiger partial charge in [0.25, 0.3) is 0 Å². The molecule has 22 heavy (non-hydrogen) atoms. The summed E-state index contributed by atoms with van der Waals surface area (Å²) in [5.41, 5.74) is 0.914. The maximum atomic E-state index is 5.49. The van der Waals surface area contributed by atoms with E-state index in [2.05, 4.69) is 10.2 Å². The molecular formula is C15H15N3O2S2. The minimum atomic E-state index is 0.512. The van der Waals surface area contributed by atoms with Crippen LogP contribution in [0.1, 0.15) is 0 Å². The van der Waals surface area contributed by atoms with E-state index in [9.17, 15) is 0 Å². The number of ether oxygens (including phenoxy) is 2. The third-order valence-corrected chi connectivity index (χ3v) is 4.75. The van der Waals surface area contributed by atoms with Crippen LogP contribution in [0.3, 0.4) is 0 Å². The van der Waals surface area contributed by atoms with E-state index in [1.165, 1.54) is 11.8 Å². The molecule has 0 N–H and O–H groups in total. The van der Waals surface area contributed by atoms with Crippen LogP contribution in [-0.4, -0.2) is 34.9 Å². The van der Waals surface area contributed by atoms with Crippen molar-refractivity contribution in [3.05, 3.63) is 41.8 Å². The van der Waals surface area contributed by atoms with Gasteiger partial charge in [-0.25, -0.2) is 0 Å². The van der Waals surface area contributed by atoms with E-state index < -0.39 is 0 Å². The SMILES string of the molecule is COCSc1nnc(-c2cccs2)n1-c1ccccc1OC. The zero-order valence-corrected chi connectivity index (χ0v) is 13.9. The predicted molar refractivity (Wildman–Crippen MR) is 89.0 cm³/mol. The van der Waals surface area contributed by atoms with Gasteiger partial charge in [0.1, 0.15) is 5.75 Å². The second-order valence-corrected chi connectivity index (χ2v) is 6.18. The maximum Gasteiger partial charge on any atom is 0.198 e. The van der Waals surface area contributed by atoms with Crippen LogP contribution in [0.5, 0.6) is 5.75 Å². The van der Waals surface area contributed by atoms with E-state index in [4.69, 9.17) is 9.47 Å². The number of para-hydroxylation sites is 2. The Bertz CT molecular complexity index is 741. The van der Waals surface area contributed by atoms with Crippen molar-refractivity contribution in [3.8, 4) is 22.1 Å². The normalized spacial score (nSPS) is 10.8. The highest BCUT2D eigenvalue weighted by Crippen LogP contribution is 2.33. The molecule has 0 spiro atoms. The zero-order chi connectivity index (χ0) is 15.4.